The quantitative estimate of drug-likeness (QED) is 0.531. The molecule has 0 radical (unpaired) electrons. The summed E-state index contributed by atoms with van der Waals surface area (Å²) in [6.07, 6.45) is 0.521. The number of aliphatic hydroxyl groups excluding tert-OH is 2. The molecule has 1 aromatic carbocycles. The second-order valence-corrected chi connectivity index (χ2v) is 5.07. The van der Waals surface area contributed by atoms with Gasteiger partial charge in [-0.15, -0.1) is 0 Å². The Morgan fingerprint density at radius 1 is 1.19 bits per heavy atom. The lowest BCUT2D eigenvalue weighted by atomic mass is 10.2. The molecular weight excluding hydrogens is 270 g/mol. The fraction of sp³-hybridized carbons (Fsp3) is 0.625. The molecule has 21 heavy (non-hydrogen) atoms. The first kappa shape index (κ1) is 17.9. The van der Waals surface area contributed by atoms with E-state index in [9.17, 15) is 10.2 Å². The number of hydrogen-bond acceptors (Lipinski definition) is 5. The number of methoxy groups -OCH3 is 1. The minimum absolute atomic E-state index is 0.251. The lowest BCUT2D eigenvalue weighted by Gasteiger charge is -2.15. The highest BCUT2D eigenvalue weighted by Gasteiger charge is 2.07. The number of benzene rings is 1. The summed E-state index contributed by atoms with van der Waals surface area (Å²) in [7, 11) is 1.56. The number of ether oxygens (including phenoxy) is 2. The fourth-order valence-electron chi connectivity index (χ4n) is 1.92. The van der Waals surface area contributed by atoms with E-state index in [-0.39, 0.29) is 6.61 Å². The molecule has 0 spiro atoms. The van der Waals surface area contributed by atoms with Gasteiger partial charge in [0.05, 0.1) is 12.7 Å². The van der Waals surface area contributed by atoms with Gasteiger partial charge in [-0.1, -0.05) is 19.1 Å². The van der Waals surface area contributed by atoms with Crippen molar-refractivity contribution in [2.24, 2.45) is 0 Å². The summed E-state index contributed by atoms with van der Waals surface area (Å²) in [5.74, 6) is 0.781. The zero-order valence-corrected chi connectivity index (χ0v) is 12.9. The Balaban J connectivity index is 2.14. The molecule has 0 saturated heterocycles. The predicted molar refractivity (Wildman–Crippen MR) is 82.7 cm³/mol. The molecule has 0 aliphatic rings. The van der Waals surface area contributed by atoms with Gasteiger partial charge in [-0.2, -0.15) is 0 Å². The maximum atomic E-state index is 9.83. The molecule has 5 heteroatoms. The summed E-state index contributed by atoms with van der Waals surface area (Å²) in [5, 5.41) is 22.4. The maximum absolute atomic E-state index is 9.83. The minimum Gasteiger partial charge on any atom is -0.491 e. The third-order valence-corrected chi connectivity index (χ3v) is 3.14. The van der Waals surface area contributed by atoms with E-state index in [1.54, 1.807) is 7.11 Å². The van der Waals surface area contributed by atoms with E-state index in [2.05, 4.69) is 18.3 Å². The zero-order valence-electron chi connectivity index (χ0n) is 12.9. The molecule has 0 amide bonds. The Morgan fingerprint density at radius 3 is 2.71 bits per heavy atom. The van der Waals surface area contributed by atoms with Crippen LogP contribution in [-0.4, -0.2) is 55.8 Å². The molecule has 1 rings (SSSR count). The number of aliphatic hydroxyl groups is 2. The van der Waals surface area contributed by atoms with Crippen molar-refractivity contribution in [1.82, 2.24) is 5.32 Å². The minimum atomic E-state index is -0.574. The Kier molecular flexibility index (Phi) is 9.01. The van der Waals surface area contributed by atoms with E-state index < -0.39 is 12.2 Å². The van der Waals surface area contributed by atoms with E-state index in [0.29, 0.717) is 26.1 Å². The van der Waals surface area contributed by atoms with Crippen LogP contribution in [0.3, 0.4) is 0 Å². The summed E-state index contributed by atoms with van der Waals surface area (Å²) in [5.41, 5.74) is 1.22. The molecule has 120 valence electrons. The Bertz CT molecular complexity index is 386. The molecule has 5 nitrogen and oxygen atoms in total. The van der Waals surface area contributed by atoms with Crippen molar-refractivity contribution in [3.05, 3.63) is 29.8 Å². The summed E-state index contributed by atoms with van der Waals surface area (Å²) in [6, 6.07) is 7.88. The first-order chi connectivity index (χ1) is 10.2. The summed E-state index contributed by atoms with van der Waals surface area (Å²) in [4.78, 5) is 0. The SMILES string of the molecule is CCc1cccc(OCC(O)CNCCC(O)COC)c1. The van der Waals surface area contributed by atoms with Crippen molar-refractivity contribution >= 4 is 0 Å². The molecular formula is C16H27NO4. The average Bonchev–Trinajstić information content (AvgIpc) is 2.50. The maximum Gasteiger partial charge on any atom is 0.119 e. The highest BCUT2D eigenvalue weighted by molar-refractivity contribution is 5.28. The fourth-order valence-corrected chi connectivity index (χ4v) is 1.92. The molecule has 2 unspecified atom stereocenters. The molecule has 0 heterocycles. The van der Waals surface area contributed by atoms with Gasteiger partial charge in [0.15, 0.2) is 0 Å². The van der Waals surface area contributed by atoms with Crippen molar-refractivity contribution in [2.45, 2.75) is 32.0 Å². The molecule has 0 saturated carbocycles. The van der Waals surface area contributed by atoms with E-state index in [1.807, 2.05) is 18.2 Å². The molecule has 0 bridgehead atoms. The number of aryl methyl sites for hydroxylation is 1. The molecule has 0 aliphatic carbocycles. The van der Waals surface area contributed by atoms with Gasteiger partial charge in [0.1, 0.15) is 18.5 Å². The van der Waals surface area contributed by atoms with Crippen LogP contribution >= 0.6 is 0 Å². The lowest BCUT2D eigenvalue weighted by molar-refractivity contribution is 0.0577. The largest absolute Gasteiger partial charge is 0.491 e. The first-order valence-corrected chi connectivity index (χ1v) is 7.43. The highest BCUT2D eigenvalue weighted by atomic mass is 16.5. The Labute approximate surface area is 126 Å². The highest BCUT2D eigenvalue weighted by Crippen LogP contribution is 2.13. The number of hydrogen-bond donors (Lipinski definition) is 3. The van der Waals surface area contributed by atoms with Crippen molar-refractivity contribution in [3.8, 4) is 5.75 Å². The van der Waals surface area contributed by atoms with Crippen molar-refractivity contribution in [1.29, 1.82) is 0 Å². The Morgan fingerprint density at radius 2 is 2.00 bits per heavy atom. The van der Waals surface area contributed by atoms with Crippen LogP contribution in [0.1, 0.15) is 18.9 Å². The van der Waals surface area contributed by atoms with E-state index >= 15 is 0 Å². The molecule has 0 aromatic heterocycles. The molecule has 2 atom stereocenters. The zero-order chi connectivity index (χ0) is 15.5. The van der Waals surface area contributed by atoms with Crippen LogP contribution in [0.4, 0.5) is 0 Å². The lowest BCUT2D eigenvalue weighted by Crippen LogP contribution is -2.33. The van der Waals surface area contributed by atoms with E-state index in [1.165, 1.54) is 5.56 Å². The van der Waals surface area contributed by atoms with Gasteiger partial charge in [0.25, 0.3) is 0 Å². The van der Waals surface area contributed by atoms with Gasteiger partial charge in [0.2, 0.25) is 0 Å². The molecule has 3 N–H and O–H groups in total. The summed E-state index contributed by atoms with van der Waals surface area (Å²) < 4.78 is 10.4. The van der Waals surface area contributed by atoms with Gasteiger partial charge in [-0.3, -0.25) is 0 Å². The normalized spacial score (nSPS) is 13.9. The smallest absolute Gasteiger partial charge is 0.119 e. The molecule has 0 fully saturated rings. The second-order valence-electron chi connectivity index (χ2n) is 5.07. The monoisotopic (exact) mass is 297 g/mol. The van der Waals surface area contributed by atoms with Crippen molar-refractivity contribution in [3.63, 3.8) is 0 Å². The first-order valence-electron chi connectivity index (χ1n) is 7.43. The van der Waals surface area contributed by atoms with Gasteiger partial charge in [0, 0.05) is 13.7 Å². The van der Waals surface area contributed by atoms with Gasteiger partial charge < -0.3 is 25.0 Å². The van der Waals surface area contributed by atoms with Crippen LogP contribution in [0.2, 0.25) is 0 Å². The average molecular weight is 297 g/mol. The van der Waals surface area contributed by atoms with Crippen LogP contribution in [0.25, 0.3) is 0 Å². The predicted octanol–water partition coefficient (Wildman–Crippen LogP) is 0.976. The van der Waals surface area contributed by atoms with Crippen LogP contribution in [-0.2, 0) is 11.2 Å². The molecule has 1 aromatic rings. The standard InChI is InChI=1S/C16H27NO4/c1-3-13-5-4-6-16(9-13)21-12-15(19)10-17-8-7-14(18)11-20-2/h4-6,9,14-15,17-19H,3,7-8,10-12H2,1-2H3. The van der Waals surface area contributed by atoms with Gasteiger partial charge in [-0.05, 0) is 37.1 Å². The second kappa shape index (κ2) is 10.6. The Hall–Kier alpha value is -1.14. The molecule has 0 aliphatic heterocycles. The number of nitrogens with one attached hydrogen (secondary N) is 1. The van der Waals surface area contributed by atoms with Crippen LogP contribution in [0.15, 0.2) is 24.3 Å². The van der Waals surface area contributed by atoms with E-state index in [0.717, 1.165) is 12.2 Å². The van der Waals surface area contributed by atoms with Crippen LogP contribution in [0.5, 0.6) is 5.75 Å². The van der Waals surface area contributed by atoms with Crippen molar-refractivity contribution < 1.29 is 19.7 Å². The van der Waals surface area contributed by atoms with Gasteiger partial charge >= 0.3 is 0 Å². The summed E-state index contributed by atoms with van der Waals surface area (Å²) in [6.45, 7) is 3.75. The third kappa shape index (κ3) is 8.02. The number of rotatable bonds is 11. The van der Waals surface area contributed by atoms with Gasteiger partial charge in [-0.25, -0.2) is 0 Å². The van der Waals surface area contributed by atoms with Crippen LogP contribution in [0, 0.1) is 0 Å². The van der Waals surface area contributed by atoms with Crippen LogP contribution < -0.4 is 10.1 Å². The third-order valence-electron chi connectivity index (χ3n) is 3.14. The van der Waals surface area contributed by atoms with E-state index in [4.69, 9.17) is 9.47 Å². The van der Waals surface area contributed by atoms with Crippen molar-refractivity contribution in [2.75, 3.05) is 33.4 Å². The summed E-state index contributed by atoms with van der Waals surface area (Å²) >= 11 is 0. The topological polar surface area (TPSA) is 71.0 Å².